The zero-order valence-electron chi connectivity index (χ0n) is 13.1. The van der Waals surface area contributed by atoms with Crippen molar-refractivity contribution in [2.45, 2.75) is 13.5 Å². The summed E-state index contributed by atoms with van der Waals surface area (Å²) in [6, 6.07) is 12.2. The summed E-state index contributed by atoms with van der Waals surface area (Å²) in [5, 5.41) is 8.15. The molecule has 0 unspecified atom stereocenters. The number of amides is 1. The molecule has 0 bridgehead atoms. The molecule has 0 radical (unpaired) electrons. The lowest BCUT2D eigenvalue weighted by Gasteiger charge is -2.21. The summed E-state index contributed by atoms with van der Waals surface area (Å²) in [6.45, 7) is 2.23. The van der Waals surface area contributed by atoms with E-state index in [1.807, 2.05) is 37.3 Å². The van der Waals surface area contributed by atoms with Crippen molar-refractivity contribution in [2.75, 3.05) is 11.4 Å². The van der Waals surface area contributed by atoms with Gasteiger partial charge < -0.3 is 4.90 Å². The molecule has 3 aromatic rings. The van der Waals surface area contributed by atoms with Crippen LogP contribution < -0.4 is 10.5 Å². The van der Waals surface area contributed by atoms with Crippen LogP contribution in [0.3, 0.4) is 0 Å². The largest absolute Gasteiger partial charge is 0.311 e. The third-order valence-corrected chi connectivity index (χ3v) is 3.48. The summed E-state index contributed by atoms with van der Waals surface area (Å²) in [6.07, 6.45) is 2.85. The molecule has 3 rings (SSSR count). The van der Waals surface area contributed by atoms with Gasteiger partial charge in [-0.15, -0.1) is 5.10 Å². The summed E-state index contributed by atoms with van der Waals surface area (Å²) in [5.41, 5.74) is 0.432. The molecule has 8 nitrogen and oxygen atoms in total. The van der Waals surface area contributed by atoms with Gasteiger partial charge in [-0.2, -0.15) is 5.10 Å². The van der Waals surface area contributed by atoms with E-state index < -0.39 is 0 Å². The Hall–Kier alpha value is -3.29. The number of carbonyl (C=O) groups excluding carboxylic acids is 1. The van der Waals surface area contributed by atoms with Crippen LogP contribution in [0.15, 0.2) is 59.9 Å². The zero-order valence-corrected chi connectivity index (χ0v) is 13.1. The number of nitrogens with zero attached hydrogens (tertiary/aromatic N) is 6. The van der Waals surface area contributed by atoms with Crippen LogP contribution in [-0.4, -0.2) is 37.0 Å². The third kappa shape index (κ3) is 3.22. The lowest BCUT2D eigenvalue weighted by molar-refractivity contribution is -0.119. The van der Waals surface area contributed by atoms with Gasteiger partial charge in [-0.1, -0.05) is 18.2 Å². The van der Waals surface area contributed by atoms with Gasteiger partial charge in [-0.05, 0) is 25.1 Å². The summed E-state index contributed by atoms with van der Waals surface area (Å²) >= 11 is 0. The Morgan fingerprint density at radius 1 is 1.17 bits per heavy atom. The van der Waals surface area contributed by atoms with Gasteiger partial charge in [-0.25, -0.2) is 14.3 Å². The Bertz CT molecular complexity index is 873. The van der Waals surface area contributed by atoms with E-state index in [4.69, 9.17) is 0 Å². The molecule has 0 aliphatic heterocycles. The number of aromatic nitrogens is 5. The van der Waals surface area contributed by atoms with Gasteiger partial charge in [0, 0.05) is 18.3 Å². The Morgan fingerprint density at radius 2 is 1.96 bits per heavy atom. The first-order chi connectivity index (χ1) is 11.7. The third-order valence-electron chi connectivity index (χ3n) is 3.48. The molecule has 8 heteroatoms. The minimum Gasteiger partial charge on any atom is -0.311 e. The molecule has 0 N–H and O–H groups in total. The minimum atomic E-state index is -0.351. The van der Waals surface area contributed by atoms with E-state index in [0.29, 0.717) is 12.4 Å². The Kier molecular flexibility index (Phi) is 4.46. The number of rotatable bonds is 5. The van der Waals surface area contributed by atoms with E-state index in [1.54, 1.807) is 4.90 Å². The molecule has 0 spiro atoms. The summed E-state index contributed by atoms with van der Waals surface area (Å²) in [4.78, 5) is 30.0. The Morgan fingerprint density at radius 3 is 2.62 bits per heavy atom. The summed E-state index contributed by atoms with van der Waals surface area (Å²) in [7, 11) is 0. The van der Waals surface area contributed by atoms with Gasteiger partial charge in [0.05, 0.1) is 0 Å². The minimum absolute atomic E-state index is 0.149. The van der Waals surface area contributed by atoms with Gasteiger partial charge in [0.2, 0.25) is 5.91 Å². The zero-order chi connectivity index (χ0) is 16.9. The normalized spacial score (nSPS) is 10.5. The predicted octanol–water partition coefficient (Wildman–Crippen LogP) is 0.877. The molecule has 0 aliphatic rings. The van der Waals surface area contributed by atoms with Crippen molar-refractivity contribution >= 4 is 11.6 Å². The fourth-order valence-corrected chi connectivity index (χ4v) is 2.32. The second kappa shape index (κ2) is 6.86. The Labute approximate surface area is 138 Å². The maximum absolute atomic E-state index is 12.6. The van der Waals surface area contributed by atoms with Crippen molar-refractivity contribution in [3.8, 4) is 5.82 Å². The van der Waals surface area contributed by atoms with Crippen molar-refractivity contribution in [1.29, 1.82) is 0 Å². The maximum Gasteiger partial charge on any atom is 0.267 e. The highest BCUT2D eigenvalue weighted by Crippen LogP contribution is 2.13. The second-order valence-corrected chi connectivity index (χ2v) is 5.00. The molecular formula is C16H16N6O2. The smallest absolute Gasteiger partial charge is 0.267 e. The molecule has 2 aromatic heterocycles. The number of hydrogen-bond acceptors (Lipinski definition) is 5. The van der Waals surface area contributed by atoms with Crippen LogP contribution in [0.2, 0.25) is 0 Å². The monoisotopic (exact) mass is 324 g/mol. The van der Waals surface area contributed by atoms with Crippen molar-refractivity contribution < 1.29 is 4.79 Å². The topological polar surface area (TPSA) is 85.9 Å². The predicted molar refractivity (Wildman–Crippen MR) is 87.9 cm³/mol. The number of likely N-dealkylation sites (N-methyl/N-ethyl adjacent to an activating group) is 1. The van der Waals surface area contributed by atoms with Gasteiger partial charge in [0.1, 0.15) is 19.2 Å². The molecule has 0 fully saturated rings. The van der Waals surface area contributed by atoms with Crippen LogP contribution in [-0.2, 0) is 11.3 Å². The van der Waals surface area contributed by atoms with Crippen LogP contribution in [0, 0.1) is 0 Å². The average molecular weight is 324 g/mol. The van der Waals surface area contributed by atoms with Crippen molar-refractivity contribution in [1.82, 2.24) is 24.5 Å². The van der Waals surface area contributed by atoms with Gasteiger partial charge in [0.25, 0.3) is 5.56 Å². The average Bonchev–Trinajstić information content (AvgIpc) is 3.13. The van der Waals surface area contributed by atoms with Gasteiger partial charge in [0.15, 0.2) is 5.82 Å². The molecule has 2 heterocycles. The molecule has 1 aromatic carbocycles. The van der Waals surface area contributed by atoms with E-state index in [2.05, 4.69) is 15.2 Å². The van der Waals surface area contributed by atoms with E-state index in [1.165, 1.54) is 29.5 Å². The van der Waals surface area contributed by atoms with Crippen LogP contribution in [0.1, 0.15) is 6.92 Å². The number of anilines is 1. The SMILES string of the molecule is CCN(C(=O)Cn1nc(-n2cncn2)ccc1=O)c1ccccc1. The van der Waals surface area contributed by atoms with Crippen LogP contribution in [0.25, 0.3) is 5.82 Å². The van der Waals surface area contributed by atoms with Crippen LogP contribution in [0.4, 0.5) is 5.69 Å². The van der Waals surface area contributed by atoms with Crippen molar-refractivity contribution in [2.24, 2.45) is 0 Å². The van der Waals surface area contributed by atoms with E-state index >= 15 is 0 Å². The molecular weight excluding hydrogens is 308 g/mol. The van der Waals surface area contributed by atoms with E-state index in [-0.39, 0.29) is 18.0 Å². The molecule has 0 saturated heterocycles. The van der Waals surface area contributed by atoms with Gasteiger partial charge in [-0.3, -0.25) is 9.59 Å². The summed E-state index contributed by atoms with van der Waals surface area (Å²) in [5.74, 6) is 0.205. The first-order valence-corrected chi connectivity index (χ1v) is 7.47. The molecule has 1 amide bonds. The summed E-state index contributed by atoms with van der Waals surface area (Å²) < 4.78 is 2.56. The molecule has 0 aliphatic carbocycles. The second-order valence-electron chi connectivity index (χ2n) is 5.00. The van der Waals surface area contributed by atoms with Gasteiger partial charge >= 0.3 is 0 Å². The fraction of sp³-hybridized carbons (Fsp3) is 0.188. The lowest BCUT2D eigenvalue weighted by Crippen LogP contribution is -2.37. The lowest BCUT2D eigenvalue weighted by atomic mass is 10.3. The molecule has 0 atom stereocenters. The van der Waals surface area contributed by atoms with E-state index in [0.717, 1.165) is 10.4 Å². The Balaban J connectivity index is 1.86. The number of benzene rings is 1. The molecule has 0 saturated carbocycles. The highest BCUT2D eigenvalue weighted by molar-refractivity contribution is 5.93. The molecule has 122 valence electrons. The molecule has 24 heavy (non-hydrogen) atoms. The highest BCUT2D eigenvalue weighted by Gasteiger charge is 2.16. The number of carbonyl (C=O) groups is 1. The fourth-order valence-electron chi connectivity index (χ4n) is 2.32. The van der Waals surface area contributed by atoms with Crippen molar-refractivity contribution in [3.63, 3.8) is 0 Å². The van der Waals surface area contributed by atoms with Crippen LogP contribution >= 0.6 is 0 Å². The quantitative estimate of drug-likeness (QED) is 0.695. The first-order valence-electron chi connectivity index (χ1n) is 7.47. The number of hydrogen-bond donors (Lipinski definition) is 0. The first kappa shape index (κ1) is 15.6. The number of para-hydroxylation sites is 1. The maximum atomic E-state index is 12.6. The highest BCUT2D eigenvalue weighted by atomic mass is 16.2. The van der Waals surface area contributed by atoms with E-state index in [9.17, 15) is 9.59 Å². The van der Waals surface area contributed by atoms with Crippen LogP contribution in [0.5, 0.6) is 0 Å². The standard InChI is InChI=1S/C16H16N6O2/c1-2-20(13-6-4-3-5-7-13)16(24)10-21-15(23)9-8-14(19-21)22-12-17-11-18-22/h3-9,11-12H,2,10H2,1H3. The van der Waals surface area contributed by atoms with Crippen molar-refractivity contribution in [3.05, 3.63) is 65.5 Å².